The van der Waals surface area contributed by atoms with E-state index in [1.54, 1.807) is 6.07 Å². The number of benzene rings is 2. The minimum Gasteiger partial charge on any atom is -0.338 e. The molecule has 4 nitrogen and oxygen atoms in total. The largest absolute Gasteiger partial charge is 0.338 e. The third kappa shape index (κ3) is 3.37. The Balaban J connectivity index is 1.49. The summed E-state index contributed by atoms with van der Waals surface area (Å²) in [6.45, 7) is 5.17. The number of hydrogen-bond donors (Lipinski definition) is 0. The van der Waals surface area contributed by atoms with E-state index in [0.717, 1.165) is 23.5 Å². The van der Waals surface area contributed by atoms with Crippen LogP contribution in [0.2, 0.25) is 0 Å². The Labute approximate surface area is 158 Å². The van der Waals surface area contributed by atoms with E-state index in [2.05, 4.69) is 5.10 Å². The van der Waals surface area contributed by atoms with Crippen molar-refractivity contribution in [3.05, 3.63) is 82.9 Å². The summed E-state index contributed by atoms with van der Waals surface area (Å²) in [5.74, 6) is -0.135. The SMILES string of the molecule is Cc1cc(C)n(-c2ccc(C(=O)N3CC[C@H](c4ccccc4F)C3)cc2)n1. The minimum absolute atomic E-state index is 0.00578. The molecule has 3 aromatic rings. The fraction of sp³-hybridized carbons (Fsp3) is 0.273. The van der Waals surface area contributed by atoms with Gasteiger partial charge in [0.1, 0.15) is 5.82 Å². The van der Waals surface area contributed by atoms with E-state index in [4.69, 9.17) is 0 Å². The number of halogens is 1. The Morgan fingerprint density at radius 1 is 1.11 bits per heavy atom. The summed E-state index contributed by atoms with van der Waals surface area (Å²) in [6, 6.07) is 16.4. The molecular weight excluding hydrogens is 341 g/mol. The third-order valence-corrected chi connectivity index (χ3v) is 5.19. The maximum absolute atomic E-state index is 14.0. The predicted octanol–water partition coefficient (Wildman–Crippen LogP) is 4.26. The van der Waals surface area contributed by atoms with Gasteiger partial charge < -0.3 is 4.90 Å². The van der Waals surface area contributed by atoms with Crippen molar-refractivity contribution < 1.29 is 9.18 Å². The van der Waals surface area contributed by atoms with Gasteiger partial charge in [0.2, 0.25) is 0 Å². The van der Waals surface area contributed by atoms with Crippen LogP contribution >= 0.6 is 0 Å². The molecule has 1 fully saturated rings. The van der Waals surface area contributed by atoms with Gasteiger partial charge in [0, 0.05) is 30.3 Å². The van der Waals surface area contributed by atoms with Crippen molar-refractivity contribution in [3.63, 3.8) is 0 Å². The number of likely N-dealkylation sites (tertiary alicyclic amines) is 1. The number of aromatic nitrogens is 2. The van der Waals surface area contributed by atoms with Gasteiger partial charge in [0.15, 0.2) is 0 Å². The van der Waals surface area contributed by atoms with Crippen LogP contribution in [0, 0.1) is 19.7 Å². The Hall–Kier alpha value is -2.95. The Bertz CT molecular complexity index is 977. The predicted molar refractivity (Wildman–Crippen MR) is 103 cm³/mol. The highest BCUT2D eigenvalue weighted by atomic mass is 19.1. The molecule has 0 saturated carbocycles. The standard InChI is InChI=1S/C22H22FN3O/c1-15-13-16(2)26(24-15)19-9-7-17(8-10-19)22(27)25-12-11-18(14-25)20-5-3-4-6-21(20)23/h3-10,13,18H,11-12,14H2,1-2H3/t18-/m0/s1. The summed E-state index contributed by atoms with van der Waals surface area (Å²) >= 11 is 0. The zero-order valence-electron chi connectivity index (χ0n) is 15.5. The van der Waals surface area contributed by atoms with Crippen LogP contribution in [0.4, 0.5) is 4.39 Å². The van der Waals surface area contributed by atoms with E-state index in [-0.39, 0.29) is 17.6 Å². The first-order chi connectivity index (χ1) is 13.0. The van der Waals surface area contributed by atoms with Crippen molar-refractivity contribution >= 4 is 5.91 Å². The van der Waals surface area contributed by atoms with Crippen molar-refractivity contribution in [2.45, 2.75) is 26.2 Å². The average Bonchev–Trinajstić information content (AvgIpc) is 3.28. The van der Waals surface area contributed by atoms with Crippen LogP contribution in [0.3, 0.4) is 0 Å². The fourth-order valence-corrected chi connectivity index (χ4v) is 3.82. The van der Waals surface area contributed by atoms with Gasteiger partial charge in [-0.1, -0.05) is 18.2 Å². The van der Waals surface area contributed by atoms with Gasteiger partial charge in [-0.25, -0.2) is 9.07 Å². The summed E-state index contributed by atoms with van der Waals surface area (Å²) in [5.41, 5.74) is 4.30. The molecule has 2 aromatic carbocycles. The Morgan fingerprint density at radius 2 is 1.85 bits per heavy atom. The number of hydrogen-bond acceptors (Lipinski definition) is 2. The van der Waals surface area contributed by atoms with E-state index in [1.807, 2.05) is 65.9 Å². The summed E-state index contributed by atoms with van der Waals surface area (Å²) in [4.78, 5) is 14.7. The van der Waals surface area contributed by atoms with Gasteiger partial charge in [-0.15, -0.1) is 0 Å². The normalized spacial score (nSPS) is 16.7. The zero-order valence-corrected chi connectivity index (χ0v) is 15.5. The van der Waals surface area contributed by atoms with Crippen LogP contribution in [0.5, 0.6) is 0 Å². The van der Waals surface area contributed by atoms with Gasteiger partial charge in [0.25, 0.3) is 5.91 Å². The monoisotopic (exact) mass is 363 g/mol. The lowest BCUT2D eigenvalue weighted by Gasteiger charge is -2.17. The zero-order chi connectivity index (χ0) is 19.0. The molecule has 27 heavy (non-hydrogen) atoms. The average molecular weight is 363 g/mol. The maximum Gasteiger partial charge on any atom is 0.253 e. The maximum atomic E-state index is 14.0. The number of carbonyl (C=O) groups excluding carboxylic acids is 1. The van der Waals surface area contributed by atoms with Crippen molar-refractivity contribution in [1.29, 1.82) is 0 Å². The number of rotatable bonds is 3. The topological polar surface area (TPSA) is 38.1 Å². The molecule has 0 unspecified atom stereocenters. The quantitative estimate of drug-likeness (QED) is 0.697. The smallest absolute Gasteiger partial charge is 0.253 e. The summed E-state index contributed by atoms with van der Waals surface area (Å²) in [7, 11) is 0. The number of carbonyl (C=O) groups is 1. The molecule has 4 rings (SSSR count). The van der Waals surface area contributed by atoms with Gasteiger partial charge >= 0.3 is 0 Å². The van der Waals surface area contributed by atoms with E-state index < -0.39 is 0 Å². The first kappa shape index (κ1) is 17.5. The molecule has 0 bridgehead atoms. The van der Waals surface area contributed by atoms with Crippen LogP contribution in [0.15, 0.2) is 54.6 Å². The summed E-state index contributed by atoms with van der Waals surface area (Å²) in [6.07, 6.45) is 0.788. The second kappa shape index (κ2) is 6.99. The molecule has 5 heteroatoms. The molecule has 1 aliphatic rings. The molecule has 2 heterocycles. The molecule has 1 atom stereocenters. The molecule has 0 radical (unpaired) electrons. The number of nitrogens with zero attached hydrogens (tertiary/aromatic N) is 3. The van der Waals surface area contributed by atoms with Crippen molar-refractivity contribution in [2.24, 2.45) is 0 Å². The first-order valence-corrected chi connectivity index (χ1v) is 9.20. The van der Waals surface area contributed by atoms with Crippen molar-refractivity contribution in [2.75, 3.05) is 13.1 Å². The molecule has 138 valence electrons. The van der Waals surface area contributed by atoms with Crippen molar-refractivity contribution in [3.8, 4) is 5.69 Å². The lowest BCUT2D eigenvalue weighted by atomic mass is 9.98. The molecule has 0 spiro atoms. The molecule has 0 N–H and O–H groups in total. The fourth-order valence-electron chi connectivity index (χ4n) is 3.82. The van der Waals surface area contributed by atoms with Crippen molar-refractivity contribution in [1.82, 2.24) is 14.7 Å². The van der Waals surface area contributed by atoms with E-state index >= 15 is 0 Å². The van der Waals surface area contributed by atoms with Crippen LogP contribution in [-0.4, -0.2) is 33.7 Å². The number of amides is 1. The van der Waals surface area contributed by atoms with E-state index in [0.29, 0.717) is 24.2 Å². The van der Waals surface area contributed by atoms with E-state index in [9.17, 15) is 9.18 Å². The lowest BCUT2D eigenvalue weighted by molar-refractivity contribution is 0.0790. The summed E-state index contributed by atoms with van der Waals surface area (Å²) in [5, 5.41) is 4.47. The van der Waals surface area contributed by atoms with Gasteiger partial charge in [-0.3, -0.25) is 4.79 Å². The molecule has 1 aliphatic heterocycles. The molecular formula is C22H22FN3O. The highest BCUT2D eigenvalue weighted by Crippen LogP contribution is 2.29. The van der Waals surface area contributed by atoms with Crippen LogP contribution < -0.4 is 0 Å². The lowest BCUT2D eigenvalue weighted by Crippen LogP contribution is -2.28. The second-order valence-electron chi connectivity index (χ2n) is 7.14. The minimum atomic E-state index is -0.189. The van der Waals surface area contributed by atoms with E-state index in [1.165, 1.54) is 6.07 Å². The number of aryl methyl sites for hydroxylation is 2. The molecule has 1 saturated heterocycles. The van der Waals surface area contributed by atoms with Gasteiger partial charge in [0.05, 0.1) is 11.4 Å². The van der Waals surface area contributed by atoms with Gasteiger partial charge in [-0.2, -0.15) is 5.10 Å². The summed E-state index contributed by atoms with van der Waals surface area (Å²) < 4.78 is 15.9. The van der Waals surface area contributed by atoms with Crippen LogP contribution in [-0.2, 0) is 0 Å². The Morgan fingerprint density at radius 3 is 2.52 bits per heavy atom. The molecule has 1 amide bonds. The Kier molecular flexibility index (Phi) is 4.52. The van der Waals surface area contributed by atoms with Crippen LogP contribution in [0.25, 0.3) is 5.69 Å². The van der Waals surface area contributed by atoms with Gasteiger partial charge in [-0.05, 0) is 62.2 Å². The third-order valence-electron chi connectivity index (χ3n) is 5.19. The highest BCUT2D eigenvalue weighted by Gasteiger charge is 2.29. The second-order valence-corrected chi connectivity index (χ2v) is 7.14. The highest BCUT2D eigenvalue weighted by molar-refractivity contribution is 5.94. The molecule has 1 aromatic heterocycles. The first-order valence-electron chi connectivity index (χ1n) is 9.20. The van der Waals surface area contributed by atoms with Crippen LogP contribution in [0.1, 0.15) is 39.6 Å². The molecule has 0 aliphatic carbocycles.